The molecule has 3 heteroatoms. The Morgan fingerprint density at radius 2 is 1.80 bits per heavy atom. The van der Waals surface area contributed by atoms with Crippen molar-refractivity contribution in [3.63, 3.8) is 0 Å². The van der Waals surface area contributed by atoms with Gasteiger partial charge in [-0.3, -0.25) is 4.79 Å². The van der Waals surface area contributed by atoms with E-state index in [2.05, 4.69) is 36.5 Å². The van der Waals surface area contributed by atoms with E-state index in [0.29, 0.717) is 18.5 Å². The number of carboxylic acids is 1. The first-order valence-electron chi connectivity index (χ1n) is 10.2. The molecule has 1 aliphatic rings. The molecule has 1 aromatic rings. The highest BCUT2D eigenvalue weighted by molar-refractivity contribution is 5.66. The lowest BCUT2D eigenvalue weighted by molar-refractivity contribution is -0.136. The van der Waals surface area contributed by atoms with E-state index in [0.717, 1.165) is 12.8 Å². The molecule has 3 nitrogen and oxygen atoms in total. The van der Waals surface area contributed by atoms with Gasteiger partial charge < -0.3 is 10.4 Å². The van der Waals surface area contributed by atoms with Crippen LogP contribution in [-0.4, -0.2) is 23.7 Å². The Bertz CT molecular complexity index is 497. The summed E-state index contributed by atoms with van der Waals surface area (Å²) in [6, 6.07) is 9.74. The van der Waals surface area contributed by atoms with Crippen molar-refractivity contribution >= 4 is 5.97 Å². The van der Waals surface area contributed by atoms with Crippen LogP contribution in [0.4, 0.5) is 0 Å². The SMILES string of the molecule is CCCCCCCCc1ccc(C2CCC(NCCC(=O)O)C2)cc1. The van der Waals surface area contributed by atoms with Crippen LogP contribution in [0.5, 0.6) is 0 Å². The molecule has 1 aromatic carbocycles. The number of aliphatic carboxylic acids is 1. The van der Waals surface area contributed by atoms with Gasteiger partial charge in [0.1, 0.15) is 0 Å². The van der Waals surface area contributed by atoms with Gasteiger partial charge in [-0.25, -0.2) is 0 Å². The van der Waals surface area contributed by atoms with Crippen molar-refractivity contribution in [3.05, 3.63) is 35.4 Å². The molecule has 1 aliphatic carbocycles. The van der Waals surface area contributed by atoms with Crippen LogP contribution in [0.25, 0.3) is 0 Å². The lowest BCUT2D eigenvalue weighted by atomic mass is 9.95. The molecule has 0 aliphatic heterocycles. The van der Waals surface area contributed by atoms with Gasteiger partial charge in [0.05, 0.1) is 6.42 Å². The molecule has 2 rings (SSSR count). The molecule has 1 saturated carbocycles. The topological polar surface area (TPSA) is 49.3 Å². The second kappa shape index (κ2) is 11.3. The number of benzene rings is 1. The standard InChI is InChI=1S/C22H35NO2/c1-2-3-4-5-6-7-8-18-9-11-19(12-10-18)20-13-14-21(17-20)23-16-15-22(24)25/h9-12,20-21,23H,2-8,13-17H2,1H3,(H,24,25). The van der Waals surface area contributed by atoms with Gasteiger partial charge in [-0.15, -0.1) is 0 Å². The van der Waals surface area contributed by atoms with Gasteiger partial charge in [0.2, 0.25) is 0 Å². The van der Waals surface area contributed by atoms with Crippen LogP contribution in [0, 0.1) is 0 Å². The van der Waals surface area contributed by atoms with Crippen LogP contribution in [0.1, 0.15) is 88.2 Å². The maximum absolute atomic E-state index is 10.6. The Kier molecular flexibility index (Phi) is 9.03. The largest absolute Gasteiger partial charge is 0.481 e. The highest BCUT2D eigenvalue weighted by Gasteiger charge is 2.25. The first-order chi connectivity index (χ1) is 12.2. The van der Waals surface area contributed by atoms with Crippen LogP contribution in [-0.2, 0) is 11.2 Å². The lowest BCUT2D eigenvalue weighted by Crippen LogP contribution is -2.28. The third kappa shape index (κ3) is 7.60. The number of nitrogens with one attached hydrogen (secondary N) is 1. The molecule has 2 N–H and O–H groups in total. The fourth-order valence-corrected chi connectivity index (χ4v) is 3.92. The zero-order valence-electron chi connectivity index (χ0n) is 15.8. The molecule has 25 heavy (non-hydrogen) atoms. The molecule has 140 valence electrons. The Morgan fingerprint density at radius 1 is 1.08 bits per heavy atom. The lowest BCUT2D eigenvalue weighted by Gasteiger charge is -2.13. The van der Waals surface area contributed by atoms with E-state index in [1.54, 1.807) is 0 Å². The molecule has 0 aromatic heterocycles. The Balaban J connectivity index is 1.67. The maximum Gasteiger partial charge on any atom is 0.304 e. The van der Waals surface area contributed by atoms with Crippen LogP contribution in [0.2, 0.25) is 0 Å². The summed E-state index contributed by atoms with van der Waals surface area (Å²) in [6.45, 7) is 2.85. The fourth-order valence-electron chi connectivity index (χ4n) is 3.92. The smallest absolute Gasteiger partial charge is 0.304 e. The second-order valence-electron chi connectivity index (χ2n) is 7.56. The van der Waals surface area contributed by atoms with Crippen molar-refractivity contribution in [2.45, 2.75) is 89.5 Å². The summed E-state index contributed by atoms with van der Waals surface area (Å²) in [5.74, 6) is -0.0894. The third-order valence-corrected chi connectivity index (χ3v) is 5.47. The minimum absolute atomic E-state index is 0.217. The zero-order chi connectivity index (χ0) is 17.9. The zero-order valence-corrected chi connectivity index (χ0v) is 15.8. The predicted octanol–water partition coefficient (Wildman–Crippen LogP) is 5.29. The first kappa shape index (κ1) is 20.0. The van der Waals surface area contributed by atoms with Crippen LogP contribution in [0.3, 0.4) is 0 Å². The van der Waals surface area contributed by atoms with E-state index < -0.39 is 5.97 Å². The van der Waals surface area contributed by atoms with Crippen molar-refractivity contribution in [1.29, 1.82) is 0 Å². The predicted molar refractivity (Wildman–Crippen MR) is 104 cm³/mol. The van der Waals surface area contributed by atoms with Gasteiger partial charge in [-0.05, 0) is 49.1 Å². The van der Waals surface area contributed by atoms with Gasteiger partial charge >= 0.3 is 5.97 Å². The second-order valence-corrected chi connectivity index (χ2v) is 7.56. The minimum Gasteiger partial charge on any atom is -0.481 e. The average molecular weight is 346 g/mol. The molecule has 0 amide bonds. The molecule has 0 bridgehead atoms. The van der Waals surface area contributed by atoms with Crippen molar-refractivity contribution in [3.8, 4) is 0 Å². The summed E-state index contributed by atoms with van der Waals surface area (Å²) in [5, 5.41) is 12.1. The number of carbonyl (C=O) groups is 1. The summed E-state index contributed by atoms with van der Waals surface area (Å²) in [6.07, 6.45) is 13.0. The molecule has 2 atom stereocenters. The van der Waals surface area contributed by atoms with E-state index in [1.165, 1.54) is 62.5 Å². The number of unbranched alkanes of at least 4 members (excludes halogenated alkanes) is 5. The summed E-state index contributed by atoms with van der Waals surface area (Å²) >= 11 is 0. The number of rotatable bonds is 12. The van der Waals surface area contributed by atoms with Crippen LogP contribution < -0.4 is 5.32 Å². The van der Waals surface area contributed by atoms with E-state index in [4.69, 9.17) is 5.11 Å². The highest BCUT2D eigenvalue weighted by atomic mass is 16.4. The number of hydrogen-bond donors (Lipinski definition) is 2. The molecular formula is C22H35NO2. The van der Waals surface area contributed by atoms with Gasteiger partial charge in [0.15, 0.2) is 0 Å². The molecular weight excluding hydrogens is 310 g/mol. The Labute approximate surface area is 153 Å². The summed E-state index contributed by atoms with van der Waals surface area (Å²) in [4.78, 5) is 10.6. The Hall–Kier alpha value is -1.35. The third-order valence-electron chi connectivity index (χ3n) is 5.47. The highest BCUT2D eigenvalue weighted by Crippen LogP contribution is 2.34. The molecule has 0 radical (unpaired) electrons. The van der Waals surface area contributed by atoms with Crippen LogP contribution >= 0.6 is 0 Å². The number of hydrogen-bond acceptors (Lipinski definition) is 2. The average Bonchev–Trinajstić information content (AvgIpc) is 3.07. The van der Waals surface area contributed by atoms with Crippen LogP contribution in [0.15, 0.2) is 24.3 Å². The van der Waals surface area contributed by atoms with Crippen molar-refractivity contribution in [1.82, 2.24) is 5.32 Å². The Morgan fingerprint density at radius 3 is 2.52 bits per heavy atom. The summed E-state index contributed by atoms with van der Waals surface area (Å²) in [5.41, 5.74) is 2.92. The maximum atomic E-state index is 10.6. The molecule has 2 unspecified atom stereocenters. The number of carboxylic acid groups (broad SMARTS) is 1. The molecule has 1 fully saturated rings. The number of aryl methyl sites for hydroxylation is 1. The summed E-state index contributed by atoms with van der Waals surface area (Å²) < 4.78 is 0. The van der Waals surface area contributed by atoms with Gasteiger partial charge in [0.25, 0.3) is 0 Å². The van der Waals surface area contributed by atoms with Crippen molar-refractivity contribution in [2.24, 2.45) is 0 Å². The van der Waals surface area contributed by atoms with Gasteiger partial charge in [-0.1, -0.05) is 63.3 Å². The first-order valence-corrected chi connectivity index (χ1v) is 10.2. The molecule has 0 saturated heterocycles. The molecule has 0 heterocycles. The molecule has 0 spiro atoms. The summed E-state index contributed by atoms with van der Waals surface area (Å²) in [7, 11) is 0. The normalized spacial score (nSPS) is 20.0. The quantitative estimate of drug-likeness (QED) is 0.506. The van der Waals surface area contributed by atoms with Gasteiger partial charge in [0, 0.05) is 12.6 Å². The van der Waals surface area contributed by atoms with E-state index in [9.17, 15) is 4.79 Å². The van der Waals surface area contributed by atoms with E-state index >= 15 is 0 Å². The monoisotopic (exact) mass is 345 g/mol. The fraction of sp³-hybridized carbons (Fsp3) is 0.682. The van der Waals surface area contributed by atoms with Gasteiger partial charge in [-0.2, -0.15) is 0 Å². The van der Waals surface area contributed by atoms with Crippen molar-refractivity contribution < 1.29 is 9.90 Å². The van der Waals surface area contributed by atoms with E-state index in [-0.39, 0.29) is 6.42 Å². The van der Waals surface area contributed by atoms with E-state index in [1.807, 2.05) is 0 Å². The minimum atomic E-state index is -0.719. The van der Waals surface area contributed by atoms with Crippen molar-refractivity contribution in [2.75, 3.05) is 6.54 Å².